The summed E-state index contributed by atoms with van der Waals surface area (Å²) < 4.78 is 8.86. The van der Waals surface area contributed by atoms with Gasteiger partial charge in [-0.25, -0.2) is 0 Å². The standard InChI is InChI=1S/C23H29.C10H7.C6H4Cl.C5H5.CH2.Zr/c1-14-9-16-11-17-10-15(2)21(23(6,7)8)13-19(17)18(16)12-20(14)22(3,4)5;1-2-6-10-8-4-3-7-9(10)5-1;7-6-4-2-1-3-5-6;1-2-4-5-3-1;;/h9-13H,1-8H3;1-7H;1-2,4-5H;1-5H;1H2;. The van der Waals surface area contributed by atoms with E-state index in [-0.39, 0.29) is 18.1 Å². The van der Waals surface area contributed by atoms with E-state index < -0.39 is 18.3 Å². The topological polar surface area (TPSA) is 0 Å². The van der Waals surface area contributed by atoms with E-state index in [1.165, 1.54) is 61.8 Å². The quantitative estimate of drug-likeness (QED) is 0.174. The van der Waals surface area contributed by atoms with Crippen molar-refractivity contribution in [2.45, 2.75) is 73.5 Å². The summed E-state index contributed by atoms with van der Waals surface area (Å²) in [5.41, 5.74) is 11.2. The molecule has 0 saturated heterocycles. The van der Waals surface area contributed by atoms with Crippen LogP contribution < -0.4 is 6.54 Å². The van der Waals surface area contributed by atoms with Gasteiger partial charge in [-0.2, -0.15) is 0 Å². The summed E-state index contributed by atoms with van der Waals surface area (Å²) >= 11 is 1.97. The average molecular weight is 715 g/mol. The monoisotopic (exact) mass is 712 g/mol. The number of rotatable bonds is 4. The fourth-order valence-electron chi connectivity index (χ4n) is 9.41. The fraction of sp³-hybridized carbons (Fsp3) is 0.267. The van der Waals surface area contributed by atoms with E-state index in [9.17, 15) is 0 Å². The van der Waals surface area contributed by atoms with E-state index in [1.807, 2.05) is 6.07 Å². The van der Waals surface area contributed by atoms with Crippen LogP contribution in [0.4, 0.5) is 0 Å². The van der Waals surface area contributed by atoms with Crippen molar-refractivity contribution in [3.8, 4) is 11.1 Å². The molecule has 0 amide bonds. The van der Waals surface area contributed by atoms with Crippen LogP contribution >= 0.6 is 11.6 Å². The minimum atomic E-state index is -5.02. The van der Waals surface area contributed by atoms with Crippen LogP contribution in [0.25, 0.3) is 21.9 Å². The van der Waals surface area contributed by atoms with E-state index in [0.717, 1.165) is 5.02 Å². The van der Waals surface area contributed by atoms with Crippen LogP contribution in [-0.2, 0) is 29.1 Å². The van der Waals surface area contributed by atoms with Gasteiger partial charge in [0.15, 0.2) is 0 Å². The Morgan fingerprint density at radius 3 is 1.72 bits per heavy atom. The molecule has 0 aromatic heterocycles. The second kappa shape index (κ2) is 11.0. The number of allylic oxidation sites excluding steroid dienone is 4. The normalized spacial score (nSPS) is 15.4. The zero-order chi connectivity index (χ0) is 33.5. The molecule has 7 rings (SSSR count). The Hall–Kier alpha value is -3.12. The Balaban J connectivity index is 1.74. The molecule has 0 N–H and O–H groups in total. The van der Waals surface area contributed by atoms with Gasteiger partial charge in [0.25, 0.3) is 0 Å². The predicted molar refractivity (Wildman–Crippen MR) is 204 cm³/mol. The zero-order valence-electron chi connectivity index (χ0n) is 29.2. The molecule has 0 atom stereocenters. The Morgan fingerprint density at radius 1 is 0.638 bits per heavy atom. The first-order valence-electron chi connectivity index (χ1n) is 17.1. The molecule has 0 spiro atoms. The molecule has 0 fully saturated rings. The van der Waals surface area contributed by atoms with Crippen LogP contribution in [0.5, 0.6) is 0 Å². The van der Waals surface area contributed by atoms with Gasteiger partial charge in [0.05, 0.1) is 0 Å². The molecular weight excluding hydrogens is 667 g/mol. The third-order valence-electron chi connectivity index (χ3n) is 11.4. The predicted octanol–water partition coefficient (Wildman–Crippen LogP) is 11.5. The maximum atomic E-state index is 6.99. The summed E-state index contributed by atoms with van der Waals surface area (Å²) in [6, 6.07) is 34.8. The van der Waals surface area contributed by atoms with Crippen LogP contribution in [0.15, 0.2) is 115 Å². The molecule has 2 aliphatic carbocycles. The first kappa shape index (κ1) is 32.4. The fourth-order valence-corrected chi connectivity index (χ4v) is 28.1. The number of halogens is 1. The SMILES string of the molecule is [CH2]=[Zr]([c]1cccc(Cl)c1)([c]1cccc2ccccc12)([CH]1C=CC=C1)[CH]1c2cc(C)c(C(C)(C)C)cc2-c2cc(C(C)(C)C)c(C)cc21. The third kappa shape index (κ3) is 4.75. The van der Waals surface area contributed by atoms with E-state index in [0.29, 0.717) is 0 Å². The summed E-state index contributed by atoms with van der Waals surface area (Å²) in [4.78, 5) is 0. The molecule has 0 saturated carbocycles. The van der Waals surface area contributed by atoms with Crippen LogP contribution in [0.3, 0.4) is 0 Å². The van der Waals surface area contributed by atoms with E-state index in [1.54, 1.807) is 0 Å². The molecule has 0 aliphatic heterocycles. The van der Waals surface area contributed by atoms with Crippen molar-refractivity contribution in [2.24, 2.45) is 0 Å². The number of aryl methyl sites for hydroxylation is 2. The summed E-state index contributed by atoms with van der Waals surface area (Å²) in [5.74, 6) is 0. The molecule has 0 radical (unpaired) electrons. The summed E-state index contributed by atoms with van der Waals surface area (Å²) in [5, 5.41) is 3.35. The van der Waals surface area contributed by atoms with Gasteiger partial charge in [0.2, 0.25) is 0 Å². The molecule has 0 bridgehead atoms. The van der Waals surface area contributed by atoms with Crippen LogP contribution in [-0.4, -0.2) is 4.21 Å². The van der Waals surface area contributed by atoms with Crippen molar-refractivity contribution < 1.29 is 18.3 Å². The summed E-state index contributed by atoms with van der Waals surface area (Å²) in [7, 11) is 0. The van der Waals surface area contributed by atoms with Gasteiger partial charge >= 0.3 is 290 Å². The number of hydrogen-bond donors (Lipinski definition) is 0. The summed E-state index contributed by atoms with van der Waals surface area (Å²) in [6.07, 6.45) is 9.39. The number of fused-ring (bicyclic) bond motifs is 4. The summed E-state index contributed by atoms with van der Waals surface area (Å²) in [6.45, 7) is 18.7. The van der Waals surface area contributed by atoms with Crippen molar-refractivity contribution >= 4 is 33.1 Å². The van der Waals surface area contributed by atoms with Gasteiger partial charge in [-0.1, -0.05) is 0 Å². The molecule has 0 nitrogen and oxygen atoms in total. The van der Waals surface area contributed by atoms with Crippen LogP contribution in [0, 0.1) is 13.8 Å². The number of hydrogen-bond acceptors (Lipinski definition) is 0. The molecule has 238 valence electrons. The molecule has 0 unspecified atom stereocenters. The maximum absolute atomic E-state index is 6.99. The molecule has 5 aromatic carbocycles. The first-order chi connectivity index (χ1) is 22.1. The minimum absolute atomic E-state index is 0.0247. The van der Waals surface area contributed by atoms with Gasteiger partial charge in [-0.15, -0.1) is 0 Å². The molecule has 2 heteroatoms. The van der Waals surface area contributed by atoms with Crippen molar-refractivity contribution in [3.63, 3.8) is 0 Å². The second-order valence-electron chi connectivity index (χ2n) is 16.4. The van der Waals surface area contributed by atoms with Crippen molar-refractivity contribution in [3.05, 3.63) is 154 Å². The van der Waals surface area contributed by atoms with Gasteiger partial charge < -0.3 is 0 Å². The number of benzene rings is 5. The van der Waals surface area contributed by atoms with E-state index in [4.69, 9.17) is 15.8 Å². The second-order valence-corrected chi connectivity index (χ2v) is 30.7. The van der Waals surface area contributed by atoms with Crippen molar-refractivity contribution in [1.29, 1.82) is 0 Å². The van der Waals surface area contributed by atoms with E-state index >= 15 is 0 Å². The zero-order valence-corrected chi connectivity index (χ0v) is 32.4. The van der Waals surface area contributed by atoms with Crippen LogP contribution in [0.2, 0.25) is 8.65 Å². The molecule has 47 heavy (non-hydrogen) atoms. The van der Waals surface area contributed by atoms with Crippen molar-refractivity contribution in [2.75, 3.05) is 0 Å². The molecule has 0 heterocycles. The molecule has 2 aliphatic rings. The third-order valence-corrected chi connectivity index (χ3v) is 29.4. The first-order valence-corrected chi connectivity index (χ1v) is 24.5. The van der Waals surface area contributed by atoms with Gasteiger partial charge in [0.1, 0.15) is 0 Å². The Morgan fingerprint density at radius 2 is 1.17 bits per heavy atom. The van der Waals surface area contributed by atoms with Crippen molar-refractivity contribution in [1.82, 2.24) is 0 Å². The average Bonchev–Trinajstić information content (AvgIpc) is 3.66. The van der Waals surface area contributed by atoms with Gasteiger partial charge in [-0.05, 0) is 0 Å². The molecular formula is C45H47ClZr. The van der Waals surface area contributed by atoms with E-state index in [2.05, 4.69) is 165 Å². The van der Waals surface area contributed by atoms with Gasteiger partial charge in [-0.3, -0.25) is 0 Å². The Kier molecular flexibility index (Phi) is 7.56. The van der Waals surface area contributed by atoms with Crippen LogP contribution in [0.1, 0.15) is 78.5 Å². The Bertz CT molecular complexity index is 2130. The Labute approximate surface area is 287 Å². The molecule has 5 aromatic rings. The van der Waals surface area contributed by atoms with Gasteiger partial charge in [0, 0.05) is 0 Å².